The van der Waals surface area contributed by atoms with Crippen molar-refractivity contribution in [2.24, 2.45) is 0 Å². The number of halogens is 1. The first kappa shape index (κ1) is 13.4. The van der Waals surface area contributed by atoms with Crippen molar-refractivity contribution in [3.8, 4) is 0 Å². The molecule has 1 aromatic heterocycles. The van der Waals surface area contributed by atoms with Crippen LogP contribution in [0.1, 0.15) is 29.6 Å². The lowest BCUT2D eigenvalue weighted by Crippen LogP contribution is -2.31. The zero-order valence-electron chi connectivity index (χ0n) is 11.9. The normalized spacial score (nSPS) is 14.2. The maximum absolute atomic E-state index is 6.26. The second-order valence-electron chi connectivity index (χ2n) is 5.17. The van der Waals surface area contributed by atoms with E-state index in [0.717, 1.165) is 48.3 Å². The van der Waals surface area contributed by atoms with Gasteiger partial charge in [0.1, 0.15) is 11.6 Å². The molecule has 0 saturated heterocycles. The van der Waals surface area contributed by atoms with Crippen LogP contribution in [0, 0.1) is 6.92 Å². The van der Waals surface area contributed by atoms with Gasteiger partial charge in [-0.2, -0.15) is 0 Å². The zero-order chi connectivity index (χ0) is 14.1. The van der Waals surface area contributed by atoms with Crippen molar-refractivity contribution in [3.05, 3.63) is 51.9 Å². The molecule has 1 aliphatic rings. The number of hydrogen-bond acceptors (Lipinski definition) is 3. The highest BCUT2D eigenvalue weighted by molar-refractivity contribution is 6.31. The summed E-state index contributed by atoms with van der Waals surface area (Å²) in [5.41, 5.74) is 3.69. The molecule has 0 unspecified atom stereocenters. The molecule has 4 heteroatoms. The molecule has 0 fully saturated rings. The third-order valence-corrected chi connectivity index (χ3v) is 4.13. The SMILES string of the molecule is CCc1cc(N2CCc3c(Cl)cccc3C2)nc(C)n1. The first-order chi connectivity index (χ1) is 9.67. The Morgan fingerprint density at radius 1 is 1.30 bits per heavy atom. The number of anilines is 1. The molecule has 0 atom stereocenters. The van der Waals surface area contributed by atoms with Crippen LogP contribution in [0.2, 0.25) is 5.02 Å². The average Bonchev–Trinajstić information content (AvgIpc) is 2.46. The fourth-order valence-electron chi connectivity index (χ4n) is 2.71. The number of benzene rings is 1. The van der Waals surface area contributed by atoms with Crippen molar-refractivity contribution in [2.75, 3.05) is 11.4 Å². The Bertz CT molecular complexity index is 640. The minimum atomic E-state index is 0.844. The van der Waals surface area contributed by atoms with Crippen molar-refractivity contribution in [1.82, 2.24) is 9.97 Å². The topological polar surface area (TPSA) is 29.0 Å². The van der Waals surface area contributed by atoms with Gasteiger partial charge in [-0.25, -0.2) is 9.97 Å². The van der Waals surface area contributed by atoms with Gasteiger partial charge in [0.05, 0.1) is 0 Å². The molecule has 2 heterocycles. The van der Waals surface area contributed by atoms with Gasteiger partial charge < -0.3 is 4.90 Å². The van der Waals surface area contributed by atoms with Crippen molar-refractivity contribution >= 4 is 17.4 Å². The second-order valence-corrected chi connectivity index (χ2v) is 5.57. The summed E-state index contributed by atoms with van der Waals surface area (Å²) in [6.07, 6.45) is 1.91. The minimum Gasteiger partial charge on any atom is -0.352 e. The van der Waals surface area contributed by atoms with Gasteiger partial charge in [-0.05, 0) is 37.0 Å². The molecule has 104 valence electrons. The van der Waals surface area contributed by atoms with E-state index in [1.54, 1.807) is 0 Å². The number of nitrogens with zero attached hydrogens (tertiary/aromatic N) is 3. The van der Waals surface area contributed by atoms with E-state index in [2.05, 4.69) is 33.9 Å². The van der Waals surface area contributed by atoms with Crippen LogP contribution in [0.15, 0.2) is 24.3 Å². The molecule has 3 nitrogen and oxygen atoms in total. The third kappa shape index (κ3) is 2.50. The molecule has 1 aliphatic heterocycles. The molecule has 0 bridgehead atoms. The molecule has 0 aliphatic carbocycles. The Hall–Kier alpha value is -1.61. The number of aromatic nitrogens is 2. The molecular formula is C16H18ClN3. The van der Waals surface area contributed by atoms with Gasteiger partial charge in [0.2, 0.25) is 0 Å². The van der Waals surface area contributed by atoms with Gasteiger partial charge in [-0.3, -0.25) is 0 Å². The van der Waals surface area contributed by atoms with E-state index in [1.165, 1.54) is 11.1 Å². The summed E-state index contributed by atoms with van der Waals surface area (Å²) in [7, 11) is 0. The number of rotatable bonds is 2. The summed E-state index contributed by atoms with van der Waals surface area (Å²) < 4.78 is 0. The number of aryl methyl sites for hydroxylation is 2. The number of fused-ring (bicyclic) bond motifs is 1. The average molecular weight is 288 g/mol. The summed E-state index contributed by atoms with van der Waals surface area (Å²) in [6.45, 7) is 5.90. The van der Waals surface area contributed by atoms with Crippen LogP contribution < -0.4 is 4.90 Å². The molecule has 0 N–H and O–H groups in total. The van der Waals surface area contributed by atoms with Crippen LogP contribution in [0.4, 0.5) is 5.82 Å². The second kappa shape index (κ2) is 5.41. The van der Waals surface area contributed by atoms with Crippen LogP contribution in [0.25, 0.3) is 0 Å². The highest BCUT2D eigenvalue weighted by atomic mass is 35.5. The Morgan fingerprint density at radius 3 is 2.95 bits per heavy atom. The van der Waals surface area contributed by atoms with Gasteiger partial charge in [0, 0.05) is 29.9 Å². The predicted octanol–water partition coefficient (Wildman–Crippen LogP) is 3.56. The lowest BCUT2D eigenvalue weighted by Gasteiger charge is -2.30. The van der Waals surface area contributed by atoms with E-state index in [-0.39, 0.29) is 0 Å². The first-order valence-electron chi connectivity index (χ1n) is 7.03. The third-order valence-electron chi connectivity index (χ3n) is 3.77. The van der Waals surface area contributed by atoms with Crippen LogP contribution >= 0.6 is 11.6 Å². The maximum atomic E-state index is 6.26. The van der Waals surface area contributed by atoms with Crippen molar-refractivity contribution in [2.45, 2.75) is 33.2 Å². The Labute approximate surface area is 124 Å². The number of hydrogen-bond donors (Lipinski definition) is 0. The van der Waals surface area contributed by atoms with Crippen molar-refractivity contribution in [1.29, 1.82) is 0 Å². The quantitative estimate of drug-likeness (QED) is 0.846. The molecule has 0 saturated carbocycles. The van der Waals surface area contributed by atoms with Crippen LogP contribution in [0.5, 0.6) is 0 Å². The monoisotopic (exact) mass is 287 g/mol. The van der Waals surface area contributed by atoms with Gasteiger partial charge in [0.25, 0.3) is 0 Å². The Kier molecular flexibility index (Phi) is 3.62. The summed E-state index contributed by atoms with van der Waals surface area (Å²) in [5, 5.41) is 0.885. The van der Waals surface area contributed by atoms with E-state index in [9.17, 15) is 0 Å². The largest absolute Gasteiger partial charge is 0.352 e. The summed E-state index contributed by atoms with van der Waals surface area (Å²) >= 11 is 6.26. The van der Waals surface area contributed by atoms with Crippen LogP contribution in [-0.4, -0.2) is 16.5 Å². The van der Waals surface area contributed by atoms with E-state index >= 15 is 0 Å². The molecule has 0 amide bonds. The molecule has 3 rings (SSSR count). The molecule has 0 spiro atoms. The Morgan fingerprint density at radius 2 is 2.15 bits per heavy atom. The van der Waals surface area contributed by atoms with Crippen molar-refractivity contribution in [3.63, 3.8) is 0 Å². The van der Waals surface area contributed by atoms with Gasteiger partial charge in [-0.1, -0.05) is 30.7 Å². The maximum Gasteiger partial charge on any atom is 0.132 e. The first-order valence-corrected chi connectivity index (χ1v) is 7.41. The minimum absolute atomic E-state index is 0.844. The highest BCUT2D eigenvalue weighted by Crippen LogP contribution is 2.28. The van der Waals surface area contributed by atoms with E-state index in [4.69, 9.17) is 11.6 Å². The fraction of sp³-hybridized carbons (Fsp3) is 0.375. The summed E-state index contributed by atoms with van der Waals surface area (Å²) in [5.74, 6) is 1.87. The standard InChI is InChI=1S/C16H18ClN3/c1-3-13-9-16(19-11(2)18-13)20-8-7-14-12(10-20)5-4-6-15(14)17/h4-6,9H,3,7-8,10H2,1-2H3. The lowest BCUT2D eigenvalue weighted by atomic mass is 10.00. The van der Waals surface area contributed by atoms with Crippen LogP contribution in [0.3, 0.4) is 0 Å². The molecular weight excluding hydrogens is 270 g/mol. The van der Waals surface area contributed by atoms with E-state index < -0.39 is 0 Å². The molecule has 2 aromatic rings. The van der Waals surface area contributed by atoms with Gasteiger partial charge in [0.15, 0.2) is 0 Å². The molecule has 0 radical (unpaired) electrons. The smallest absolute Gasteiger partial charge is 0.132 e. The summed E-state index contributed by atoms with van der Waals surface area (Å²) in [6, 6.07) is 8.25. The predicted molar refractivity (Wildman–Crippen MR) is 82.4 cm³/mol. The lowest BCUT2D eigenvalue weighted by molar-refractivity contribution is 0.714. The van der Waals surface area contributed by atoms with Gasteiger partial charge >= 0.3 is 0 Å². The zero-order valence-corrected chi connectivity index (χ0v) is 12.6. The van der Waals surface area contributed by atoms with Gasteiger partial charge in [-0.15, -0.1) is 0 Å². The summed E-state index contributed by atoms with van der Waals surface area (Å²) in [4.78, 5) is 11.3. The van der Waals surface area contributed by atoms with E-state index in [0.29, 0.717) is 0 Å². The molecule has 1 aromatic carbocycles. The van der Waals surface area contributed by atoms with E-state index in [1.807, 2.05) is 19.1 Å². The Balaban J connectivity index is 1.92. The fourth-order valence-corrected chi connectivity index (χ4v) is 3.00. The molecule has 20 heavy (non-hydrogen) atoms. The van der Waals surface area contributed by atoms with Crippen LogP contribution in [-0.2, 0) is 19.4 Å². The van der Waals surface area contributed by atoms with Crippen molar-refractivity contribution < 1.29 is 0 Å². The highest BCUT2D eigenvalue weighted by Gasteiger charge is 2.19.